The van der Waals surface area contributed by atoms with Crippen LogP contribution in [0.2, 0.25) is 0 Å². The van der Waals surface area contributed by atoms with E-state index in [1.807, 2.05) is 30.5 Å². The third-order valence-corrected chi connectivity index (χ3v) is 4.99. The summed E-state index contributed by atoms with van der Waals surface area (Å²) in [6, 6.07) is 16.5. The van der Waals surface area contributed by atoms with Crippen LogP contribution in [-0.2, 0) is 11.2 Å². The van der Waals surface area contributed by atoms with Gasteiger partial charge < -0.3 is 10.2 Å². The summed E-state index contributed by atoms with van der Waals surface area (Å²) in [6.45, 7) is 1.80. The highest BCUT2D eigenvalue weighted by Crippen LogP contribution is 2.27. The summed E-state index contributed by atoms with van der Waals surface area (Å²) >= 11 is 1.65. The van der Waals surface area contributed by atoms with Gasteiger partial charge in [-0.1, -0.05) is 30.3 Å². The fourth-order valence-electron chi connectivity index (χ4n) is 3.04. The van der Waals surface area contributed by atoms with Gasteiger partial charge in [-0.15, -0.1) is 11.8 Å². The Balaban J connectivity index is 1.60. The maximum atomic E-state index is 12.3. The van der Waals surface area contributed by atoms with E-state index >= 15 is 0 Å². The standard InChI is InChI=1S/C19H22N2OS/c1-23-18-11-5-3-9-16(18)20-19(22)12-14-21-13-6-8-15-7-2-4-10-17(15)21/h2-5,7,9-11H,6,8,12-14H2,1H3,(H,20,22). The first-order chi connectivity index (χ1) is 11.3. The van der Waals surface area contributed by atoms with Gasteiger partial charge in [-0.25, -0.2) is 0 Å². The Hall–Kier alpha value is -1.94. The molecule has 1 aliphatic heterocycles. The molecular weight excluding hydrogens is 304 g/mol. The molecule has 0 fully saturated rings. The van der Waals surface area contributed by atoms with Gasteiger partial charge in [0.1, 0.15) is 0 Å². The second kappa shape index (κ2) is 7.55. The number of carbonyl (C=O) groups is 1. The molecule has 2 aromatic carbocycles. The van der Waals surface area contributed by atoms with Gasteiger partial charge in [0, 0.05) is 30.1 Å². The molecule has 0 spiro atoms. The summed E-state index contributed by atoms with van der Waals surface area (Å²) < 4.78 is 0. The van der Waals surface area contributed by atoms with E-state index in [0.717, 1.165) is 36.5 Å². The topological polar surface area (TPSA) is 32.3 Å². The molecule has 0 saturated heterocycles. The number of thioether (sulfide) groups is 1. The highest BCUT2D eigenvalue weighted by Gasteiger charge is 2.17. The smallest absolute Gasteiger partial charge is 0.226 e. The van der Waals surface area contributed by atoms with Gasteiger partial charge in [-0.3, -0.25) is 4.79 Å². The lowest BCUT2D eigenvalue weighted by molar-refractivity contribution is -0.116. The average molecular weight is 326 g/mol. The maximum absolute atomic E-state index is 12.3. The predicted molar refractivity (Wildman–Crippen MR) is 98.4 cm³/mol. The number of nitrogens with zero attached hydrogens (tertiary/aromatic N) is 1. The number of fused-ring (bicyclic) bond motifs is 1. The number of anilines is 2. The van der Waals surface area contributed by atoms with Crippen LogP contribution in [0.3, 0.4) is 0 Å². The first-order valence-corrected chi connectivity index (χ1v) is 9.26. The molecule has 120 valence electrons. The van der Waals surface area contributed by atoms with Gasteiger partial charge >= 0.3 is 0 Å². The van der Waals surface area contributed by atoms with E-state index in [9.17, 15) is 4.79 Å². The monoisotopic (exact) mass is 326 g/mol. The van der Waals surface area contributed by atoms with Gasteiger partial charge in [0.2, 0.25) is 5.91 Å². The van der Waals surface area contributed by atoms with Crippen molar-refractivity contribution in [1.82, 2.24) is 0 Å². The zero-order valence-corrected chi connectivity index (χ0v) is 14.2. The molecule has 2 aromatic rings. The lowest BCUT2D eigenvalue weighted by atomic mass is 10.0. The average Bonchev–Trinajstić information content (AvgIpc) is 2.60. The number of rotatable bonds is 5. The van der Waals surface area contributed by atoms with Gasteiger partial charge in [0.25, 0.3) is 0 Å². The van der Waals surface area contributed by atoms with E-state index < -0.39 is 0 Å². The summed E-state index contributed by atoms with van der Waals surface area (Å²) in [6.07, 6.45) is 4.83. The molecule has 0 saturated carbocycles. The SMILES string of the molecule is CSc1ccccc1NC(=O)CCN1CCCc2ccccc21. The zero-order chi connectivity index (χ0) is 16.1. The first kappa shape index (κ1) is 15.9. The van der Waals surface area contributed by atoms with E-state index in [0.29, 0.717) is 6.42 Å². The largest absolute Gasteiger partial charge is 0.371 e. The number of hydrogen-bond acceptors (Lipinski definition) is 3. The van der Waals surface area contributed by atoms with Crippen LogP contribution in [0.1, 0.15) is 18.4 Å². The molecule has 23 heavy (non-hydrogen) atoms. The molecule has 0 aromatic heterocycles. The Labute approximate surface area is 142 Å². The quantitative estimate of drug-likeness (QED) is 0.836. The van der Waals surface area contributed by atoms with Gasteiger partial charge in [0.05, 0.1) is 5.69 Å². The van der Waals surface area contributed by atoms with E-state index in [-0.39, 0.29) is 5.91 Å². The zero-order valence-electron chi connectivity index (χ0n) is 13.4. The molecule has 0 bridgehead atoms. The molecular formula is C19H22N2OS. The second-order valence-corrected chi connectivity index (χ2v) is 6.57. The van der Waals surface area contributed by atoms with Gasteiger partial charge in [0.15, 0.2) is 0 Å². The number of para-hydroxylation sites is 2. The van der Waals surface area contributed by atoms with E-state index in [2.05, 4.69) is 34.5 Å². The summed E-state index contributed by atoms with van der Waals surface area (Å²) in [7, 11) is 0. The van der Waals surface area contributed by atoms with Crippen LogP contribution in [0.15, 0.2) is 53.4 Å². The Morgan fingerprint density at radius 2 is 1.96 bits per heavy atom. The minimum absolute atomic E-state index is 0.0783. The van der Waals surface area contributed by atoms with Crippen LogP contribution >= 0.6 is 11.8 Å². The predicted octanol–water partition coefficient (Wildman–Crippen LogP) is 4.19. The van der Waals surface area contributed by atoms with Crippen LogP contribution in [-0.4, -0.2) is 25.3 Å². The molecule has 1 heterocycles. The van der Waals surface area contributed by atoms with E-state index in [1.54, 1.807) is 11.8 Å². The van der Waals surface area contributed by atoms with Gasteiger partial charge in [-0.2, -0.15) is 0 Å². The van der Waals surface area contributed by atoms with Crippen molar-refractivity contribution >= 4 is 29.0 Å². The molecule has 3 rings (SSSR count). The summed E-state index contributed by atoms with van der Waals surface area (Å²) in [5.74, 6) is 0.0783. The van der Waals surface area contributed by atoms with Crippen molar-refractivity contribution in [1.29, 1.82) is 0 Å². The number of hydrogen-bond donors (Lipinski definition) is 1. The van der Waals surface area contributed by atoms with Crippen molar-refractivity contribution in [2.24, 2.45) is 0 Å². The van der Waals surface area contributed by atoms with Crippen molar-refractivity contribution in [3.63, 3.8) is 0 Å². The second-order valence-electron chi connectivity index (χ2n) is 5.72. The van der Waals surface area contributed by atoms with Crippen molar-refractivity contribution in [3.05, 3.63) is 54.1 Å². The Morgan fingerprint density at radius 1 is 1.17 bits per heavy atom. The minimum atomic E-state index is 0.0783. The molecule has 4 heteroatoms. The van der Waals surface area contributed by atoms with Crippen LogP contribution in [0.25, 0.3) is 0 Å². The molecule has 0 aliphatic carbocycles. The maximum Gasteiger partial charge on any atom is 0.226 e. The van der Waals surface area contributed by atoms with Crippen molar-refractivity contribution in [2.75, 3.05) is 29.6 Å². The Bertz CT molecular complexity index is 687. The normalized spacial score (nSPS) is 13.5. The third kappa shape index (κ3) is 3.88. The lowest BCUT2D eigenvalue weighted by Crippen LogP contribution is -2.32. The summed E-state index contributed by atoms with van der Waals surface area (Å²) in [5, 5.41) is 3.04. The lowest BCUT2D eigenvalue weighted by Gasteiger charge is -2.31. The number of benzene rings is 2. The molecule has 1 N–H and O–H groups in total. The van der Waals surface area contributed by atoms with Gasteiger partial charge in [-0.05, 0) is 42.9 Å². The molecule has 0 radical (unpaired) electrons. The molecule has 0 atom stereocenters. The van der Waals surface area contributed by atoms with Crippen molar-refractivity contribution in [3.8, 4) is 0 Å². The molecule has 1 aliphatic rings. The van der Waals surface area contributed by atoms with Crippen LogP contribution in [0.4, 0.5) is 11.4 Å². The number of aryl methyl sites for hydroxylation is 1. The van der Waals surface area contributed by atoms with Crippen molar-refractivity contribution in [2.45, 2.75) is 24.2 Å². The molecule has 0 unspecified atom stereocenters. The first-order valence-electron chi connectivity index (χ1n) is 8.03. The van der Waals surface area contributed by atoms with Crippen LogP contribution in [0, 0.1) is 0 Å². The van der Waals surface area contributed by atoms with Crippen molar-refractivity contribution < 1.29 is 4.79 Å². The Kier molecular flexibility index (Phi) is 5.23. The van der Waals surface area contributed by atoms with E-state index in [4.69, 9.17) is 0 Å². The third-order valence-electron chi connectivity index (χ3n) is 4.20. The molecule has 3 nitrogen and oxygen atoms in total. The van der Waals surface area contributed by atoms with E-state index in [1.165, 1.54) is 11.3 Å². The number of carbonyl (C=O) groups excluding carboxylic acids is 1. The Morgan fingerprint density at radius 3 is 2.83 bits per heavy atom. The number of nitrogens with one attached hydrogen (secondary N) is 1. The fourth-order valence-corrected chi connectivity index (χ4v) is 3.59. The summed E-state index contributed by atoms with van der Waals surface area (Å²) in [4.78, 5) is 15.7. The summed E-state index contributed by atoms with van der Waals surface area (Å²) in [5.41, 5.74) is 3.59. The van der Waals surface area contributed by atoms with Crippen LogP contribution < -0.4 is 10.2 Å². The number of amides is 1. The van der Waals surface area contributed by atoms with Crippen LogP contribution in [0.5, 0.6) is 0 Å². The molecule has 1 amide bonds. The highest BCUT2D eigenvalue weighted by molar-refractivity contribution is 7.98. The fraction of sp³-hybridized carbons (Fsp3) is 0.316. The minimum Gasteiger partial charge on any atom is -0.371 e. The highest BCUT2D eigenvalue weighted by atomic mass is 32.2.